The maximum atomic E-state index is 12.9. The van der Waals surface area contributed by atoms with E-state index in [0.29, 0.717) is 24.5 Å². The number of fused-ring (bicyclic) bond motifs is 1. The number of nitrogens with zero attached hydrogens (tertiary/aromatic N) is 2. The van der Waals surface area contributed by atoms with E-state index >= 15 is 0 Å². The van der Waals surface area contributed by atoms with Gasteiger partial charge < -0.3 is 19.7 Å². The molecule has 1 aliphatic rings. The highest BCUT2D eigenvalue weighted by Crippen LogP contribution is 2.20. The fraction of sp³-hybridized carbons (Fsp3) is 0.423. The first-order chi connectivity index (χ1) is 16.4. The number of halogens is 1. The van der Waals surface area contributed by atoms with Crippen molar-refractivity contribution in [2.45, 2.75) is 52.0 Å². The maximum Gasteiger partial charge on any atom is 0.410 e. The summed E-state index contributed by atoms with van der Waals surface area (Å²) in [6, 6.07) is 16.4. The molecule has 0 saturated heterocycles. The van der Waals surface area contributed by atoms with Gasteiger partial charge in [-0.2, -0.15) is 5.26 Å². The molecule has 7 nitrogen and oxygen atoms in total. The van der Waals surface area contributed by atoms with Crippen molar-refractivity contribution >= 4 is 23.6 Å². The third-order valence-electron chi connectivity index (χ3n) is 5.58. The zero-order chi connectivity index (χ0) is 24.5. The van der Waals surface area contributed by atoms with Crippen LogP contribution in [-0.4, -0.2) is 42.2 Å². The third-order valence-corrected chi connectivity index (χ3v) is 5.95. The van der Waals surface area contributed by atoms with Gasteiger partial charge in [-0.3, -0.25) is 4.79 Å². The van der Waals surface area contributed by atoms with Crippen molar-refractivity contribution in [1.82, 2.24) is 10.2 Å². The minimum absolute atomic E-state index is 0.0152. The molecule has 0 radical (unpaired) electrons. The Bertz CT molecular complexity index is 1040. The first-order valence-electron chi connectivity index (χ1n) is 11.4. The van der Waals surface area contributed by atoms with Crippen LogP contribution in [0, 0.1) is 17.2 Å². The molecule has 2 atom stereocenters. The average Bonchev–Trinajstić information content (AvgIpc) is 2.83. The SMILES string of the molecule is CC(C)C[C@H](OC(=O)N1CCc2ccccc2C1)C(=O)N[C@H](C#N)COCc1ccccc1Cl. The van der Waals surface area contributed by atoms with Crippen LogP contribution < -0.4 is 5.32 Å². The van der Waals surface area contributed by atoms with Gasteiger partial charge in [0.15, 0.2) is 6.10 Å². The smallest absolute Gasteiger partial charge is 0.410 e. The molecule has 3 rings (SSSR count). The molecule has 8 heteroatoms. The lowest BCUT2D eigenvalue weighted by Gasteiger charge is -2.30. The highest BCUT2D eigenvalue weighted by atomic mass is 35.5. The van der Waals surface area contributed by atoms with E-state index in [2.05, 4.69) is 11.4 Å². The average molecular weight is 484 g/mol. The van der Waals surface area contributed by atoms with Gasteiger partial charge in [0.2, 0.25) is 0 Å². The van der Waals surface area contributed by atoms with E-state index in [0.717, 1.165) is 17.5 Å². The van der Waals surface area contributed by atoms with Gasteiger partial charge in [0, 0.05) is 18.1 Å². The van der Waals surface area contributed by atoms with Gasteiger partial charge in [-0.25, -0.2) is 4.79 Å². The minimum atomic E-state index is -0.996. The number of hydrogen-bond donors (Lipinski definition) is 1. The number of carbonyl (C=O) groups is 2. The summed E-state index contributed by atoms with van der Waals surface area (Å²) in [5.74, 6) is -0.394. The Morgan fingerprint density at radius 3 is 2.56 bits per heavy atom. The molecule has 2 aromatic carbocycles. The Hall–Kier alpha value is -3.08. The minimum Gasteiger partial charge on any atom is -0.436 e. The zero-order valence-corrected chi connectivity index (χ0v) is 20.3. The second kappa shape index (κ2) is 12.4. The van der Waals surface area contributed by atoms with Gasteiger partial charge in [0.05, 0.1) is 19.3 Å². The van der Waals surface area contributed by atoms with Crippen LogP contribution in [0.25, 0.3) is 0 Å². The molecule has 1 heterocycles. The Labute approximate surface area is 205 Å². The molecule has 0 aromatic heterocycles. The van der Waals surface area contributed by atoms with E-state index in [1.165, 1.54) is 5.56 Å². The van der Waals surface area contributed by atoms with Crippen molar-refractivity contribution in [2.75, 3.05) is 13.2 Å². The standard InChI is InChI=1S/C26H30ClN3O4/c1-18(2)13-24(34-26(32)30-12-11-19-7-3-4-8-20(19)15-30)25(31)29-22(14-28)17-33-16-21-9-5-6-10-23(21)27/h3-10,18,22,24H,11-13,15-17H2,1-2H3,(H,29,31)/t22-,24+/m1/s1. The number of ether oxygens (including phenoxy) is 2. The van der Waals surface area contributed by atoms with Crippen LogP contribution in [0.3, 0.4) is 0 Å². The number of carbonyl (C=O) groups excluding carboxylic acids is 2. The second-order valence-corrected chi connectivity index (χ2v) is 9.15. The van der Waals surface area contributed by atoms with Crippen LogP contribution in [0.1, 0.15) is 37.0 Å². The molecule has 34 heavy (non-hydrogen) atoms. The van der Waals surface area contributed by atoms with Crippen molar-refractivity contribution in [3.8, 4) is 6.07 Å². The number of nitrogens with one attached hydrogen (secondary N) is 1. The van der Waals surface area contributed by atoms with Crippen LogP contribution in [0.4, 0.5) is 4.79 Å². The quantitative estimate of drug-likeness (QED) is 0.568. The Kier molecular flexibility index (Phi) is 9.32. The van der Waals surface area contributed by atoms with Crippen LogP contribution in [0.5, 0.6) is 0 Å². The number of nitriles is 1. The molecular weight excluding hydrogens is 454 g/mol. The largest absolute Gasteiger partial charge is 0.436 e. The van der Waals surface area contributed by atoms with Crippen LogP contribution in [-0.2, 0) is 33.8 Å². The molecule has 0 bridgehead atoms. The summed E-state index contributed by atoms with van der Waals surface area (Å²) in [6.45, 7) is 5.07. The van der Waals surface area contributed by atoms with E-state index in [-0.39, 0.29) is 19.1 Å². The molecule has 0 fully saturated rings. The fourth-order valence-electron chi connectivity index (χ4n) is 3.76. The van der Waals surface area contributed by atoms with Gasteiger partial charge in [0.25, 0.3) is 5.91 Å². The molecule has 180 valence electrons. The summed E-state index contributed by atoms with van der Waals surface area (Å²) in [5.41, 5.74) is 3.09. The van der Waals surface area contributed by atoms with Crippen molar-refractivity contribution < 1.29 is 19.1 Å². The lowest BCUT2D eigenvalue weighted by molar-refractivity contribution is -0.131. The Balaban J connectivity index is 1.55. The molecule has 2 amide bonds. The van der Waals surface area contributed by atoms with E-state index in [1.807, 2.05) is 56.3 Å². The molecule has 0 aliphatic carbocycles. The molecule has 0 unspecified atom stereocenters. The van der Waals surface area contributed by atoms with E-state index < -0.39 is 24.1 Å². The summed E-state index contributed by atoms with van der Waals surface area (Å²) < 4.78 is 11.2. The Morgan fingerprint density at radius 1 is 1.15 bits per heavy atom. The van der Waals surface area contributed by atoms with Crippen molar-refractivity contribution in [1.29, 1.82) is 5.26 Å². The van der Waals surface area contributed by atoms with Gasteiger partial charge in [-0.15, -0.1) is 0 Å². The van der Waals surface area contributed by atoms with Crippen LogP contribution >= 0.6 is 11.6 Å². The van der Waals surface area contributed by atoms with E-state index in [9.17, 15) is 14.9 Å². The summed E-state index contributed by atoms with van der Waals surface area (Å²) in [7, 11) is 0. The van der Waals surface area contributed by atoms with Crippen molar-refractivity contribution in [3.63, 3.8) is 0 Å². The third kappa shape index (κ3) is 7.21. The predicted octanol–water partition coefficient (Wildman–Crippen LogP) is 4.47. The number of benzene rings is 2. The van der Waals surface area contributed by atoms with Gasteiger partial charge >= 0.3 is 6.09 Å². The lowest BCUT2D eigenvalue weighted by atomic mass is 10.0. The summed E-state index contributed by atoms with van der Waals surface area (Å²) in [5, 5.41) is 12.7. The highest BCUT2D eigenvalue weighted by molar-refractivity contribution is 6.31. The monoisotopic (exact) mass is 483 g/mol. The Morgan fingerprint density at radius 2 is 1.85 bits per heavy atom. The first kappa shape index (κ1) is 25.5. The molecule has 0 saturated carbocycles. The zero-order valence-electron chi connectivity index (χ0n) is 19.5. The normalized spacial score (nSPS) is 14.6. The van der Waals surface area contributed by atoms with Crippen molar-refractivity contribution in [3.05, 3.63) is 70.2 Å². The maximum absolute atomic E-state index is 12.9. The molecule has 2 aromatic rings. The fourth-order valence-corrected chi connectivity index (χ4v) is 3.95. The number of rotatable bonds is 9. The topological polar surface area (TPSA) is 91.7 Å². The van der Waals surface area contributed by atoms with Gasteiger partial charge in [0.1, 0.15) is 6.04 Å². The van der Waals surface area contributed by atoms with Crippen molar-refractivity contribution in [2.24, 2.45) is 5.92 Å². The number of amides is 2. The highest BCUT2D eigenvalue weighted by Gasteiger charge is 2.30. The predicted molar refractivity (Wildman–Crippen MR) is 129 cm³/mol. The summed E-state index contributed by atoms with van der Waals surface area (Å²) in [6.07, 6.45) is -0.436. The van der Waals surface area contributed by atoms with Crippen LogP contribution in [0.2, 0.25) is 5.02 Å². The molecular formula is C26H30ClN3O4. The molecule has 1 aliphatic heterocycles. The van der Waals surface area contributed by atoms with Crippen LogP contribution in [0.15, 0.2) is 48.5 Å². The van der Waals surface area contributed by atoms with E-state index in [4.69, 9.17) is 21.1 Å². The first-order valence-corrected chi connectivity index (χ1v) is 11.8. The summed E-state index contributed by atoms with van der Waals surface area (Å²) >= 11 is 6.12. The van der Waals surface area contributed by atoms with Gasteiger partial charge in [-0.1, -0.05) is 67.9 Å². The summed E-state index contributed by atoms with van der Waals surface area (Å²) in [4.78, 5) is 27.4. The lowest BCUT2D eigenvalue weighted by Crippen LogP contribution is -2.47. The van der Waals surface area contributed by atoms with Gasteiger partial charge in [-0.05, 0) is 41.5 Å². The number of hydrogen-bond acceptors (Lipinski definition) is 5. The van der Waals surface area contributed by atoms with E-state index in [1.54, 1.807) is 11.0 Å². The molecule has 1 N–H and O–H groups in total. The molecule has 0 spiro atoms. The second-order valence-electron chi connectivity index (χ2n) is 8.74.